The van der Waals surface area contributed by atoms with Gasteiger partial charge in [0.2, 0.25) is 0 Å². The van der Waals surface area contributed by atoms with Crippen molar-refractivity contribution in [1.29, 1.82) is 0 Å². The maximum atomic E-state index is 13.3. The monoisotopic (exact) mass is 306 g/mol. The molecule has 1 fully saturated rings. The van der Waals surface area contributed by atoms with Gasteiger partial charge in [-0.1, -0.05) is 6.92 Å². The summed E-state index contributed by atoms with van der Waals surface area (Å²) < 4.78 is 14.2. The maximum absolute atomic E-state index is 13.3. The minimum atomic E-state index is -0.260. The summed E-state index contributed by atoms with van der Waals surface area (Å²) in [5.41, 5.74) is 0. The van der Waals surface area contributed by atoms with Crippen LogP contribution in [0.1, 0.15) is 29.4 Å². The van der Waals surface area contributed by atoms with E-state index in [1.165, 1.54) is 23.5 Å². The standard InChI is InChI=1S/C16H19FN2OS/c1-2-7-19(13-5-6-18-10-13)16(20)15-9-11-8-12(17)3-4-14(11)21-15/h3-4,8-9,13,18H,2,5-7,10H2,1H3. The average Bonchev–Trinajstić information content (AvgIpc) is 3.12. The summed E-state index contributed by atoms with van der Waals surface area (Å²) in [6.45, 7) is 4.69. The van der Waals surface area contributed by atoms with Gasteiger partial charge in [0.15, 0.2) is 0 Å². The Morgan fingerprint density at radius 3 is 3.05 bits per heavy atom. The number of fused-ring (bicyclic) bond motifs is 1. The molecule has 1 aromatic carbocycles. The molecule has 0 bridgehead atoms. The summed E-state index contributed by atoms with van der Waals surface area (Å²) in [6, 6.07) is 6.77. The second-order valence-corrected chi connectivity index (χ2v) is 6.52. The first-order valence-electron chi connectivity index (χ1n) is 7.40. The van der Waals surface area contributed by atoms with Gasteiger partial charge in [-0.2, -0.15) is 0 Å². The van der Waals surface area contributed by atoms with Gasteiger partial charge in [0.05, 0.1) is 4.88 Å². The highest BCUT2D eigenvalue weighted by molar-refractivity contribution is 7.20. The van der Waals surface area contributed by atoms with E-state index in [1.807, 2.05) is 11.0 Å². The fourth-order valence-electron chi connectivity index (χ4n) is 2.86. The van der Waals surface area contributed by atoms with Crippen molar-refractivity contribution in [3.05, 3.63) is 35.0 Å². The van der Waals surface area contributed by atoms with Crippen LogP contribution < -0.4 is 5.32 Å². The van der Waals surface area contributed by atoms with Gasteiger partial charge in [0, 0.05) is 23.8 Å². The molecule has 1 aliphatic heterocycles. The Balaban J connectivity index is 1.89. The Labute approximate surface area is 127 Å². The molecule has 0 aliphatic carbocycles. The van der Waals surface area contributed by atoms with E-state index in [1.54, 1.807) is 6.07 Å². The first-order valence-corrected chi connectivity index (χ1v) is 8.21. The van der Waals surface area contributed by atoms with Gasteiger partial charge in [0.1, 0.15) is 5.82 Å². The van der Waals surface area contributed by atoms with Crippen molar-refractivity contribution in [1.82, 2.24) is 10.2 Å². The van der Waals surface area contributed by atoms with E-state index in [2.05, 4.69) is 12.2 Å². The third-order valence-corrected chi connectivity index (χ3v) is 4.99. The topological polar surface area (TPSA) is 32.3 Å². The lowest BCUT2D eigenvalue weighted by Crippen LogP contribution is -2.41. The molecule has 1 unspecified atom stereocenters. The molecular weight excluding hydrogens is 287 g/mol. The summed E-state index contributed by atoms with van der Waals surface area (Å²) in [6.07, 6.45) is 1.95. The van der Waals surface area contributed by atoms with E-state index < -0.39 is 0 Å². The van der Waals surface area contributed by atoms with E-state index in [0.29, 0.717) is 4.88 Å². The summed E-state index contributed by atoms with van der Waals surface area (Å²) >= 11 is 1.45. The largest absolute Gasteiger partial charge is 0.334 e. The van der Waals surface area contributed by atoms with Crippen LogP contribution in [0.3, 0.4) is 0 Å². The van der Waals surface area contributed by atoms with Crippen molar-refractivity contribution in [3.8, 4) is 0 Å². The zero-order valence-corrected chi connectivity index (χ0v) is 12.9. The van der Waals surface area contributed by atoms with Crippen LogP contribution in [0.25, 0.3) is 10.1 Å². The van der Waals surface area contributed by atoms with Gasteiger partial charge in [-0.05, 0) is 49.0 Å². The Kier molecular flexibility index (Phi) is 4.22. The van der Waals surface area contributed by atoms with Crippen LogP contribution in [0.2, 0.25) is 0 Å². The molecule has 1 aromatic heterocycles. The number of hydrogen-bond donors (Lipinski definition) is 1. The minimum absolute atomic E-state index is 0.0761. The average molecular weight is 306 g/mol. The van der Waals surface area contributed by atoms with Gasteiger partial charge < -0.3 is 10.2 Å². The molecule has 0 saturated carbocycles. The lowest BCUT2D eigenvalue weighted by molar-refractivity contribution is 0.0697. The minimum Gasteiger partial charge on any atom is -0.334 e. The fourth-order valence-corrected chi connectivity index (χ4v) is 3.86. The molecule has 5 heteroatoms. The first kappa shape index (κ1) is 14.5. The zero-order valence-electron chi connectivity index (χ0n) is 12.1. The Hall–Kier alpha value is -1.46. The Bertz CT molecular complexity index is 649. The first-order chi connectivity index (χ1) is 10.2. The number of amides is 1. The van der Waals surface area contributed by atoms with Crippen LogP contribution >= 0.6 is 11.3 Å². The highest BCUT2D eigenvalue weighted by Crippen LogP contribution is 2.28. The van der Waals surface area contributed by atoms with Crippen molar-refractivity contribution in [2.75, 3.05) is 19.6 Å². The van der Waals surface area contributed by atoms with Crippen molar-refractivity contribution in [3.63, 3.8) is 0 Å². The third-order valence-electron chi connectivity index (χ3n) is 3.89. The number of thiophene rings is 1. The summed E-state index contributed by atoms with van der Waals surface area (Å²) in [7, 11) is 0. The molecule has 3 nitrogen and oxygen atoms in total. The number of nitrogens with one attached hydrogen (secondary N) is 1. The van der Waals surface area contributed by atoms with Crippen molar-refractivity contribution >= 4 is 27.3 Å². The van der Waals surface area contributed by atoms with Crippen LogP contribution in [0.15, 0.2) is 24.3 Å². The lowest BCUT2D eigenvalue weighted by atomic mass is 10.2. The predicted octanol–water partition coefficient (Wildman–Crippen LogP) is 3.25. The number of benzene rings is 1. The summed E-state index contributed by atoms with van der Waals surface area (Å²) in [5, 5.41) is 4.12. The van der Waals surface area contributed by atoms with Crippen molar-refractivity contribution in [2.24, 2.45) is 0 Å². The smallest absolute Gasteiger partial charge is 0.264 e. The van der Waals surface area contributed by atoms with Crippen molar-refractivity contribution < 1.29 is 9.18 Å². The number of carbonyl (C=O) groups excluding carboxylic acids is 1. The molecule has 3 rings (SSSR count). The molecule has 21 heavy (non-hydrogen) atoms. The van der Waals surface area contributed by atoms with Crippen LogP contribution in [0.4, 0.5) is 4.39 Å². The number of carbonyl (C=O) groups is 1. The van der Waals surface area contributed by atoms with Gasteiger partial charge in [-0.3, -0.25) is 4.79 Å². The van der Waals surface area contributed by atoms with Crippen LogP contribution in [0, 0.1) is 5.82 Å². The highest BCUT2D eigenvalue weighted by atomic mass is 32.1. The van der Waals surface area contributed by atoms with Gasteiger partial charge >= 0.3 is 0 Å². The fraction of sp³-hybridized carbons (Fsp3) is 0.438. The Morgan fingerprint density at radius 2 is 2.33 bits per heavy atom. The quantitative estimate of drug-likeness (QED) is 0.940. The van der Waals surface area contributed by atoms with E-state index in [-0.39, 0.29) is 17.8 Å². The summed E-state index contributed by atoms with van der Waals surface area (Å²) in [4.78, 5) is 15.5. The second kappa shape index (κ2) is 6.12. The molecule has 112 valence electrons. The molecule has 1 N–H and O–H groups in total. The van der Waals surface area contributed by atoms with E-state index in [0.717, 1.165) is 42.6 Å². The SMILES string of the molecule is CCCN(C(=O)c1cc2cc(F)ccc2s1)C1CCNC1. The third kappa shape index (κ3) is 2.94. The van der Waals surface area contributed by atoms with Crippen molar-refractivity contribution in [2.45, 2.75) is 25.8 Å². The zero-order chi connectivity index (χ0) is 14.8. The van der Waals surface area contributed by atoms with Gasteiger partial charge in [-0.25, -0.2) is 4.39 Å². The molecule has 1 atom stereocenters. The van der Waals surface area contributed by atoms with Crippen LogP contribution in [0.5, 0.6) is 0 Å². The molecule has 2 aromatic rings. The van der Waals surface area contributed by atoms with E-state index in [9.17, 15) is 9.18 Å². The predicted molar refractivity (Wildman–Crippen MR) is 84.4 cm³/mol. The number of hydrogen-bond acceptors (Lipinski definition) is 3. The van der Waals surface area contributed by atoms with E-state index >= 15 is 0 Å². The lowest BCUT2D eigenvalue weighted by Gasteiger charge is -2.27. The number of nitrogens with zero attached hydrogens (tertiary/aromatic N) is 1. The molecular formula is C16H19FN2OS. The molecule has 1 aliphatic rings. The van der Waals surface area contributed by atoms with Gasteiger partial charge in [-0.15, -0.1) is 11.3 Å². The van der Waals surface area contributed by atoms with Crippen LogP contribution in [-0.4, -0.2) is 36.5 Å². The van der Waals surface area contributed by atoms with E-state index in [4.69, 9.17) is 0 Å². The van der Waals surface area contributed by atoms with Crippen LogP contribution in [-0.2, 0) is 0 Å². The maximum Gasteiger partial charge on any atom is 0.264 e. The molecule has 1 saturated heterocycles. The second-order valence-electron chi connectivity index (χ2n) is 5.44. The Morgan fingerprint density at radius 1 is 1.48 bits per heavy atom. The normalized spacial score (nSPS) is 18.3. The van der Waals surface area contributed by atoms with Gasteiger partial charge in [0.25, 0.3) is 5.91 Å². The highest BCUT2D eigenvalue weighted by Gasteiger charge is 2.27. The molecule has 1 amide bonds. The molecule has 0 spiro atoms. The molecule has 2 heterocycles. The number of halogens is 1. The number of rotatable bonds is 4. The molecule has 0 radical (unpaired) electrons. The summed E-state index contributed by atoms with van der Waals surface area (Å²) in [5.74, 6) is -0.183.